The summed E-state index contributed by atoms with van der Waals surface area (Å²) < 4.78 is 0. The number of H-pyrrole nitrogens is 1. The van der Waals surface area contributed by atoms with Gasteiger partial charge in [0.05, 0.1) is 31.5 Å². The molecular weight excluding hydrogens is 1140 g/mol. The number of aliphatic carboxylic acids is 2. The van der Waals surface area contributed by atoms with Crippen molar-refractivity contribution >= 4 is 95.6 Å². The third-order valence-corrected chi connectivity index (χ3v) is 12.6. The summed E-state index contributed by atoms with van der Waals surface area (Å²) in [6, 6.07) is -15.3. The van der Waals surface area contributed by atoms with Gasteiger partial charge in [-0.05, 0) is 64.7 Å². The van der Waals surface area contributed by atoms with Crippen molar-refractivity contribution in [2.75, 3.05) is 25.4 Å². The van der Waals surface area contributed by atoms with Crippen LogP contribution in [0.3, 0.4) is 0 Å². The standard InChI is InChI=1S/C49H85N19O16S/c1-21(2)14-29(42(78)68-37(25(7)70)46(82)60-23(5)47(83)84)61-33(71)18-58-38(74)27(10-8-12-56-48(51)52)62-40(76)30(15-26-17-55-20-59-26)64-41(77)31(16-34(72)73)65-45(81)36(22(3)4)67-39(75)28(11-9-13-57-49(53)54)63-43(79)32(19-85)66-44(80)35(50)24(6)69/h17,20-25,27-32,35-37,69-70,85H,8-16,18-19,50H2,1-7H3,(H,55,59)(H,58,74)(H,60,82)(H,61,71)(H,62,76)(H,63,79)(H,64,77)(H,65,81)(H,66,80)(H,67,75)(H,68,78)(H,72,73)(H,83,84)(H4,51,52,56)(H4,53,54,57)/t23-,24+,25+,27-,28-,29-,30-,31-,32-,35-,36-,37-/m0/s1. The lowest BCUT2D eigenvalue weighted by molar-refractivity contribution is -0.142. The molecular formula is C49H85N19O16S. The van der Waals surface area contributed by atoms with Crippen molar-refractivity contribution < 1.29 is 78.0 Å². The number of nitrogens with one attached hydrogen (secondary N) is 11. The number of amides is 10. The minimum Gasteiger partial charge on any atom is -0.481 e. The molecule has 10 amide bonds. The molecule has 0 aromatic carbocycles. The fraction of sp³-hybridized carbons (Fsp3) is 0.653. The molecule has 0 spiro atoms. The number of carbonyl (C=O) groups is 12. The van der Waals surface area contributed by atoms with E-state index in [0.29, 0.717) is 0 Å². The molecule has 0 radical (unpaired) electrons. The van der Waals surface area contributed by atoms with Gasteiger partial charge >= 0.3 is 11.9 Å². The van der Waals surface area contributed by atoms with Crippen LogP contribution in [0.15, 0.2) is 22.5 Å². The molecule has 0 aliphatic carbocycles. The molecule has 0 fully saturated rings. The van der Waals surface area contributed by atoms with Gasteiger partial charge in [0.2, 0.25) is 59.1 Å². The lowest BCUT2D eigenvalue weighted by Gasteiger charge is -2.28. The number of nitrogens with two attached hydrogens (primary N) is 5. The molecule has 25 N–H and O–H groups in total. The Bertz CT molecular complexity index is 2490. The first-order chi connectivity index (χ1) is 39.7. The monoisotopic (exact) mass is 1230 g/mol. The maximum Gasteiger partial charge on any atom is 0.325 e. The number of aliphatic imine (C=N–C) groups is 2. The Balaban J connectivity index is 3.52. The number of carboxylic acid groups (broad SMARTS) is 2. The van der Waals surface area contributed by atoms with Crippen LogP contribution in [0.25, 0.3) is 0 Å². The molecule has 36 heteroatoms. The number of hydrogen-bond donors (Lipinski definition) is 21. The average molecular weight is 1230 g/mol. The lowest BCUT2D eigenvalue weighted by Crippen LogP contribution is -2.61. The Morgan fingerprint density at radius 2 is 1.05 bits per heavy atom. The van der Waals surface area contributed by atoms with Gasteiger partial charge in [-0.3, -0.25) is 67.5 Å². The maximum atomic E-state index is 14.3. The van der Waals surface area contributed by atoms with E-state index in [1.54, 1.807) is 13.8 Å². The van der Waals surface area contributed by atoms with Gasteiger partial charge in [0, 0.05) is 37.2 Å². The van der Waals surface area contributed by atoms with E-state index in [1.807, 2.05) is 0 Å². The number of aromatic amines is 1. The van der Waals surface area contributed by atoms with Crippen molar-refractivity contribution in [3.63, 3.8) is 0 Å². The van der Waals surface area contributed by atoms with Gasteiger partial charge in [0.1, 0.15) is 60.4 Å². The molecule has 0 aliphatic heterocycles. The third-order valence-electron chi connectivity index (χ3n) is 12.2. The van der Waals surface area contributed by atoms with Crippen LogP contribution in [0.1, 0.15) is 92.7 Å². The second kappa shape index (κ2) is 37.7. The van der Waals surface area contributed by atoms with Crippen molar-refractivity contribution in [1.82, 2.24) is 63.1 Å². The largest absolute Gasteiger partial charge is 0.481 e. The van der Waals surface area contributed by atoms with E-state index >= 15 is 0 Å². The predicted octanol–water partition coefficient (Wildman–Crippen LogP) is -8.16. The number of thiol groups is 1. The van der Waals surface area contributed by atoms with Crippen LogP contribution < -0.4 is 81.8 Å². The SMILES string of the molecule is CC(C)C[C@H](NC(=O)CNC(=O)[C@H](CCCN=C(N)N)NC(=O)[C@H](Cc1cnc[nH]1)NC(=O)[C@H](CC(=O)O)NC(=O)[C@@H](NC(=O)[C@H](CCCN=C(N)N)NC(=O)[C@H](CS)NC(=O)[C@@H](N)[C@@H](C)O)C(C)C)C(=O)N[C@H](C(=O)N[C@@H](C)C(=O)O)[C@@H](C)O. The first kappa shape index (κ1) is 74.6. The van der Waals surface area contributed by atoms with Gasteiger partial charge in [0.25, 0.3) is 0 Å². The van der Waals surface area contributed by atoms with Crippen LogP contribution in [0.2, 0.25) is 0 Å². The summed E-state index contributed by atoms with van der Waals surface area (Å²) in [5.41, 5.74) is 27.7. The van der Waals surface area contributed by atoms with Crippen LogP contribution >= 0.6 is 12.6 Å². The van der Waals surface area contributed by atoms with Gasteiger partial charge in [-0.2, -0.15) is 12.6 Å². The zero-order valence-corrected chi connectivity index (χ0v) is 49.3. The fourth-order valence-electron chi connectivity index (χ4n) is 7.57. The minimum absolute atomic E-state index is 0.00859. The highest BCUT2D eigenvalue weighted by Crippen LogP contribution is 2.11. The Morgan fingerprint density at radius 3 is 1.52 bits per heavy atom. The molecule has 1 aromatic rings. The average Bonchev–Trinajstić information content (AvgIpc) is 4.01. The highest BCUT2D eigenvalue weighted by atomic mass is 32.1. The van der Waals surface area contributed by atoms with Crippen LogP contribution in [-0.4, -0.2) is 211 Å². The number of aliphatic hydroxyl groups excluding tert-OH is 2. The molecule has 1 aromatic heterocycles. The van der Waals surface area contributed by atoms with Crippen LogP contribution in [0, 0.1) is 11.8 Å². The molecule has 0 saturated heterocycles. The fourth-order valence-corrected chi connectivity index (χ4v) is 7.82. The summed E-state index contributed by atoms with van der Waals surface area (Å²) in [5.74, 6) is -14.9. The maximum absolute atomic E-state index is 14.3. The van der Waals surface area contributed by atoms with E-state index in [4.69, 9.17) is 28.7 Å². The second-order valence-electron chi connectivity index (χ2n) is 20.5. The highest BCUT2D eigenvalue weighted by molar-refractivity contribution is 7.80. The molecule has 0 aliphatic rings. The molecule has 12 atom stereocenters. The number of carbonyl (C=O) groups excluding carboxylic acids is 10. The van der Waals surface area contributed by atoms with Crippen molar-refractivity contribution in [3.8, 4) is 0 Å². The number of aromatic nitrogens is 2. The normalized spacial score (nSPS) is 15.3. The Hall–Kier alpha value is -8.38. The Kier molecular flexibility index (Phi) is 33.1. The second-order valence-corrected chi connectivity index (χ2v) is 20.9. The third kappa shape index (κ3) is 28.6. The van der Waals surface area contributed by atoms with Crippen LogP contribution in [-0.2, 0) is 64.0 Å². The predicted molar refractivity (Wildman–Crippen MR) is 308 cm³/mol. The zero-order chi connectivity index (χ0) is 64.8. The van der Waals surface area contributed by atoms with E-state index in [0.717, 1.165) is 6.92 Å². The molecule has 0 unspecified atom stereocenters. The summed E-state index contributed by atoms with van der Waals surface area (Å²) in [7, 11) is 0. The van der Waals surface area contributed by atoms with E-state index in [1.165, 1.54) is 40.2 Å². The number of nitrogens with zero attached hydrogens (tertiary/aromatic N) is 3. The summed E-state index contributed by atoms with van der Waals surface area (Å²) in [6.45, 7) is 9.15. The van der Waals surface area contributed by atoms with E-state index in [9.17, 15) is 78.0 Å². The van der Waals surface area contributed by atoms with Crippen molar-refractivity contribution in [1.29, 1.82) is 0 Å². The van der Waals surface area contributed by atoms with Crippen molar-refractivity contribution in [2.45, 2.75) is 166 Å². The van der Waals surface area contributed by atoms with Crippen LogP contribution in [0.4, 0.5) is 0 Å². The number of carboxylic acids is 2. The molecule has 85 heavy (non-hydrogen) atoms. The highest BCUT2D eigenvalue weighted by Gasteiger charge is 2.37. The molecule has 478 valence electrons. The van der Waals surface area contributed by atoms with Crippen molar-refractivity contribution in [3.05, 3.63) is 18.2 Å². The van der Waals surface area contributed by atoms with E-state index in [2.05, 4.69) is 85.7 Å². The molecule has 0 bridgehead atoms. The quantitative estimate of drug-likeness (QED) is 0.0126. The number of aliphatic hydroxyl groups is 2. The van der Waals surface area contributed by atoms with Gasteiger partial charge in [0.15, 0.2) is 11.9 Å². The van der Waals surface area contributed by atoms with Gasteiger partial charge < -0.3 is 107 Å². The zero-order valence-electron chi connectivity index (χ0n) is 48.4. The van der Waals surface area contributed by atoms with Gasteiger partial charge in [-0.25, -0.2) is 4.98 Å². The lowest BCUT2D eigenvalue weighted by atomic mass is 10.0. The number of imidazole rings is 1. The minimum atomic E-state index is -1.95. The topological polar surface area (TPSA) is 590 Å². The number of hydrogen-bond acceptors (Lipinski definition) is 19. The molecule has 1 rings (SSSR count). The van der Waals surface area contributed by atoms with Gasteiger partial charge in [-0.1, -0.05) is 27.7 Å². The Morgan fingerprint density at radius 1 is 0.576 bits per heavy atom. The summed E-state index contributed by atoms with van der Waals surface area (Å²) in [4.78, 5) is 174. The van der Waals surface area contributed by atoms with E-state index < -0.39 is 163 Å². The first-order valence-electron chi connectivity index (χ1n) is 26.9. The molecule has 35 nitrogen and oxygen atoms in total. The molecule has 0 saturated carbocycles. The van der Waals surface area contributed by atoms with Crippen molar-refractivity contribution in [2.24, 2.45) is 50.5 Å². The first-order valence-corrected chi connectivity index (χ1v) is 27.6. The number of rotatable bonds is 39. The smallest absolute Gasteiger partial charge is 0.325 e. The Labute approximate surface area is 495 Å². The summed E-state index contributed by atoms with van der Waals surface area (Å²) in [5, 5.41) is 63.0. The van der Waals surface area contributed by atoms with Crippen LogP contribution in [0.5, 0.6) is 0 Å². The van der Waals surface area contributed by atoms with E-state index in [-0.39, 0.29) is 80.9 Å². The summed E-state index contributed by atoms with van der Waals surface area (Å²) in [6.07, 6.45) is -1.94. The number of guanidine groups is 2. The molecule has 1 heterocycles. The van der Waals surface area contributed by atoms with Gasteiger partial charge in [-0.15, -0.1) is 0 Å². The summed E-state index contributed by atoms with van der Waals surface area (Å²) >= 11 is 4.12.